The first-order chi connectivity index (χ1) is 13.3. The highest BCUT2D eigenvalue weighted by molar-refractivity contribution is 8.00. The topological polar surface area (TPSA) is 69.2 Å². The van der Waals surface area contributed by atoms with Crippen LogP contribution < -0.4 is 14.8 Å². The second-order valence-corrected chi connectivity index (χ2v) is 8.11. The van der Waals surface area contributed by atoms with E-state index in [4.69, 9.17) is 18.9 Å². The van der Waals surface area contributed by atoms with Gasteiger partial charge in [-0.1, -0.05) is 24.3 Å². The summed E-state index contributed by atoms with van der Waals surface area (Å²) in [6, 6.07) is 15.7. The molecule has 0 radical (unpaired) electrons. The maximum atomic E-state index is 11.0. The molecule has 5 atom stereocenters. The van der Waals surface area contributed by atoms with E-state index in [1.807, 2.05) is 48.5 Å². The van der Waals surface area contributed by atoms with Crippen LogP contribution in [-0.2, 0) is 16.0 Å². The van der Waals surface area contributed by atoms with Crippen LogP contribution in [0.25, 0.3) is 0 Å². The van der Waals surface area contributed by atoms with Gasteiger partial charge in [0.1, 0.15) is 6.10 Å². The number of rotatable bonds is 5. The van der Waals surface area contributed by atoms with Crippen molar-refractivity contribution in [2.24, 2.45) is 0 Å². The van der Waals surface area contributed by atoms with Crippen molar-refractivity contribution in [3.63, 3.8) is 0 Å². The fourth-order valence-corrected chi connectivity index (χ4v) is 4.90. The van der Waals surface area contributed by atoms with Gasteiger partial charge in [-0.3, -0.25) is 0 Å². The number of aliphatic hydroxyl groups is 1. The summed E-state index contributed by atoms with van der Waals surface area (Å²) in [5.41, 5.74) is 1.07. The van der Waals surface area contributed by atoms with Gasteiger partial charge in [0.15, 0.2) is 17.8 Å². The Hall–Kier alpha value is -1.77. The Morgan fingerprint density at radius 2 is 1.93 bits per heavy atom. The molecule has 27 heavy (non-hydrogen) atoms. The average Bonchev–Trinajstić information content (AvgIpc) is 3.34. The van der Waals surface area contributed by atoms with Crippen molar-refractivity contribution in [2.45, 2.75) is 41.2 Å². The van der Waals surface area contributed by atoms with E-state index < -0.39 is 6.10 Å². The summed E-state index contributed by atoms with van der Waals surface area (Å²) in [5.74, 6) is 1.53. The van der Waals surface area contributed by atoms with Crippen molar-refractivity contribution in [3.8, 4) is 11.5 Å². The summed E-state index contributed by atoms with van der Waals surface area (Å²) >= 11 is 1.60. The monoisotopic (exact) mass is 387 g/mol. The normalized spacial score (nSPS) is 31.2. The maximum Gasteiger partial charge on any atom is 0.231 e. The second-order valence-electron chi connectivity index (χ2n) is 6.86. The van der Waals surface area contributed by atoms with E-state index in [9.17, 15) is 5.11 Å². The Kier molecular flexibility index (Phi) is 4.71. The SMILES string of the molecule is O[C@H]1[C@H](NCc2ccc3c(c2)OCO3)[C@H]2CO[C@H](O2)[C@@H]1Sc1ccccc1. The van der Waals surface area contributed by atoms with Crippen molar-refractivity contribution in [1.29, 1.82) is 0 Å². The van der Waals surface area contributed by atoms with E-state index in [0.29, 0.717) is 13.2 Å². The van der Waals surface area contributed by atoms with Crippen molar-refractivity contribution >= 4 is 11.8 Å². The van der Waals surface area contributed by atoms with E-state index >= 15 is 0 Å². The molecule has 0 saturated carbocycles. The molecule has 2 aromatic rings. The van der Waals surface area contributed by atoms with Gasteiger partial charge in [0.2, 0.25) is 6.79 Å². The van der Waals surface area contributed by atoms with Crippen LogP contribution in [-0.4, -0.2) is 48.3 Å². The Morgan fingerprint density at radius 3 is 2.81 bits per heavy atom. The van der Waals surface area contributed by atoms with Crippen molar-refractivity contribution in [1.82, 2.24) is 5.32 Å². The number of benzene rings is 2. The van der Waals surface area contributed by atoms with Gasteiger partial charge >= 0.3 is 0 Å². The quantitative estimate of drug-likeness (QED) is 0.815. The van der Waals surface area contributed by atoms with Crippen LogP contribution in [0.2, 0.25) is 0 Å². The zero-order chi connectivity index (χ0) is 18.2. The zero-order valence-corrected chi connectivity index (χ0v) is 15.4. The molecule has 0 aromatic heterocycles. The van der Waals surface area contributed by atoms with Gasteiger partial charge < -0.3 is 29.4 Å². The van der Waals surface area contributed by atoms with Crippen LogP contribution in [0.15, 0.2) is 53.4 Å². The fraction of sp³-hybridized carbons (Fsp3) is 0.400. The summed E-state index contributed by atoms with van der Waals surface area (Å²) in [6.45, 7) is 1.36. The van der Waals surface area contributed by atoms with Crippen LogP contribution in [0.3, 0.4) is 0 Å². The van der Waals surface area contributed by atoms with Crippen LogP contribution in [0.4, 0.5) is 0 Å². The number of ether oxygens (including phenoxy) is 4. The van der Waals surface area contributed by atoms with Crippen LogP contribution in [0, 0.1) is 0 Å². The minimum absolute atomic E-state index is 0.147. The fourth-order valence-electron chi connectivity index (χ4n) is 3.71. The molecule has 6 nitrogen and oxygen atoms in total. The van der Waals surface area contributed by atoms with E-state index in [1.165, 1.54) is 0 Å². The van der Waals surface area contributed by atoms with Crippen molar-refractivity contribution in [2.75, 3.05) is 13.4 Å². The van der Waals surface area contributed by atoms with Gasteiger partial charge in [0, 0.05) is 11.4 Å². The molecule has 0 spiro atoms. The third kappa shape index (κ3) is 3.41. The first-order valence-electron chi connectivity index (χ1n) is 9.07. The average molecular weight is 387 g/mol. The Balaban J connectivity index is 1.28. The lowest BCUT2D eigenvalue weighted by atomic mass is 9.99. The highest BCUT2D eigenvalue weighted by Gasteiger charge is 2.50. The number of hydrogen-bond acceptors (Lipinski definition) is 7. The first-order valence-corrected chi connectivity index (χ1v) is 9.95. The molecule has 2 saturated heterocycles. The molecular weight excluding hydrogens is 366 g/mol. The predicted molar refractivity (Wildman–Crippen MR) is 99.9 cm³/mol. The highest BCUT2D eigenvalue weighted by atomic mass is 32.2. The predicted octanol–water partition coefficient (Wildman–Crippen LogP) is 2.15. The lowest BCUT2D eigenvalue weighted by Crippen LogP contribution is -2.58. The molecule has 2 fully saturated rings. The molecule has 0 amide bonds. The summed E-state index contributed by atoms with van der Waals surface area (Å²) in [4.78, 5) is 1.09. The Morgan fingerprint density at radius 1 is 1.07 bits per heavy atom. The zero-order valence-electron chi connectivity index (χ0n) is 14.6. The van der Waals surface area contributed by atoms with Gasteiger partial charge in [-0.2, -0.15) is 0 Å². The number of hydrogen-bond donors (Lipinski definition) is 2. The molecule has 3 heterocycles. The lowest BCUT2D eigenvalue weighted by Gasteiger charge is -2.38. The van der Waals surface area contributed by atoms with Gasteiger partial charge in [-0.15, -0.1) is 11.8 Å². The summed E-state index contributed by atoms with van der Waals surface area (Å²) in [7, 11) is 0. The minimum atomic E-state index is -0.574. The summed E-state index contributed by atoms with van der Waals surface area (Å²) in [5, 5.41) is 14.3. The largest absolute Gasteiger partial charge is 0.454 e. The third-order valence-electron chi connectivity index (χ3n) is 5.10. The minimum Gasteiger partial charge on any atom is -0.454 e. The van der Waals surface area contributed by atoms with Gasteiger partial charge in [0.05, 0.1) is 24.0 Å². The van der Waals surface area contributed by atoms with E-state index in [0.717, 1.165) is 22.0 Å². The van der Waals surface area contributed by atoms with E-state index in [1.54, 1.807) is 11.8 Å². The summed E-state index contributed by atoms with van der Waals surface area (Å²) in [6.07, 6.45) is -1.10. The number of aliphatic hydroxyl groups excluding tert-OH is 1. The molecule has 5 rings (SSSR count). The Bertz CT molecular complexity index is 804. The first kappa shape index (κ1) is 17.3. The van der Waals surface area contributed by atoms with Gasteiger partial charge in [0.25, 0.3) is 0 Å². The molecule has 0 aliphatic carbocycles. The maximum absolute atomic E-state index is 11.0. The molecule has 142 valence electrons. The highest BCUT2D eigenvalue weighted by Crippen LogP contribution is 2.39. The molecule has 3 aliphatic rings. The molecule has 2 aromatic carbocycles. The molecule has 2 N–H and O–H groups in total. The van der Waals surface area contributed by atoms with E-state index in [-0.39, 0.29) is 30.5 Å². The van der Waals surface area contributed by atoms with Gasteiger partial charge in [-0.25, -0.2) is 0 Å². The van der Waals surface area contributed by atoms with Crippen LogP contribution >= 0.6 is 11.8 Å². The molecule has 3 aliphatic heterocycles. The van der Waals surface area contributed by atoms with Crippen LogP contribution in [0.5, 0.6) is 11.5 Å². The Labute approximate surface area is 161 Å². The van der Waals surface area contributed by atoms with Crippen molar-refractivity contribution < 1.29 is 24.1 Å². The second kappa shape index (κ2) is 7.33. The third-order valence-corrected chi connectivity index (χ3v) is 6.42. The molecule has 7 heteroatoms. The van der Waals surface area contributed by atoms with Gasteiger partial charge in [-0.05, 0) is 29.8 Å². The number of thioether (sulfide) groups is 1. The smallest absolute Gasteiger partial charge is 0.231 e. The number of fused-ring (bicyclic) bond motifs is 3. The number of nitrogens with one attached hydrogen (secondary N) is 1. The lowest BCUT2D eigenvalue weighted by molar-refractivity contribution is -0.123. The standard InChI is InChI=1S/C20H21NO5S/c22-18-17(21-9-12-6-7-14-15(8-12)25-11-24-14)16-10-23-20(26-16)19(18)27-13-4-2-1-3-5-13/h1-8,16-22H,9-11H2/t16-,17-,18+,19-,20-/m1/s1. The molecule has 2 bridgehead atoms. The molecular formula is C20H21NO5S. The van der Waals surface area contributed by atoms with Crippen LogP contribution in [0.1, 0.15) is 5.56 Å². The molecule has 0 unspecified atom stereocenters. The van der Waals surface area contributed by atoms with E-state index in [2.05, 4.69) is 5.32 Å². The van der Waals surface area contributed by atoms with Crippen molar-refractivity contribution in [3.05, 3.63) is 54.1 Å². The summed E-state index contributed by atoms with van der Waals surface area (Å²) < 4.78 is 22.6.